The summed E-state index contributed by atoms with van der Waals surface area (Å²) in [4.78, 5) is 16.9. The van der Waals surface area contributed by atoms with E-state index in [1.54, 1.807) is 4.90 Å². The SMILES string of the molecule is I.O=CN1CCOc2ccc(NC3=NCCN3)cc21. The summed E-state index contributed by atoms with van der Waals surface area (Å²) in [7, 11) is 0. The lowest BCUT2D eigenvalue weighted by Gasteiger charge is -2.26. The maximum Gasteiger partial charge on any atom is 0.214 e. The number of hydrogen-bond donors (Lipinski definition) is 2. The number of fused-ring (bicyclic) bond motifs is 1. The maximum atomic E-state index is 11.0. The smallest absolute Gasteiger partial charge is 0.214 e. The average molecular weight is 374 g/mol. The van der Waals surface area contributed by atoms with Crippen molar-refractivity contribution in [3.8, 4) is 5.75 Å². The topological polar surface area (TPSA) is 66.0 Å². The Morgan fingerprint density at radius 2 is 2.37 bits per heavy atom. The van der Waals surface area contributed by atoms with Crippen molar-refractivity contribution in [3.63, 3.8) is 0 Å². The van der Waals surface area contributed by atoms with Gasteiger partial charge in [0.05, 0.1) is 18.8 Å². The fourth-order valence-electron chi connectivity index (χ4n) is 2.04. The molecule has 2 aliphatic rings. The zero-order valence-electron chi connectivity index (χ0n) is 10.3. The largest absolute Gasteiger partial charge is 0.490 e. The van der Waals surface area contributed by atoms with Crippen LogP contribution < -0.4 is 20.3 Å². The molecule has 1 aromatic rings. The first-order valence-corrected chi connectivity index (χ1v) is 5.91. The number of halogens is 1. The van der Waals surface area contributed by atoms with Gasteiger partial charge in [0.15, 0.2) is 5.96 Å². The Kier molecular flexibility index (Phi) is 4.46. The molecule has 0 saturated heterocycles. The van der Waals surface area contributed by atoms with Gasteiger partial charge in [-0.25, -0.2) is 0 Å². The molecular formula is C12H15IN4O2. The predicted molar refractivity (Wildman–Crippen MR) is 84.7 cm³/mol. The Morgan fingerprint density at radius 3 is 3.11 bits per heavy atom. The highest BCUT2D eigenvalue weighted by atomic mass is 127. The molecule has 1 aromatic carbocycles. The molecule has 0 radical (unpaired) electrons. The van der Waals surface area contributed by atoms with E-state index in [0.717, 1.165) is 42.6 Å². The van der Waals surface area contributed by atoms with E-state index in [9.17, 15) is 4.79 Å². The molecule has 0 bridgehead atoms. The molecule has 2 aliphatic heterocycles. The van der Waals surface area contributed by atoms with E-state index in [4.69, 9.17) is 4.74 Å². The van der Waals surface area contributed by atoms with Gasteiger partial charge in [-0.2, -0.15) is 0 Å². The van der Waals surface area contributed by atoms with Crippen LogP contribution in [0, 0.1) is 0 Å². The minimum Gasteiger partial charge on any atom is -0.490 e. The Bertz CT molecular complexity index is 507. The third kappa shape index (κ3) is 2.91. The first-order chi connectivity index (χ1) is 8.86. The second-order valence-corrected chi connectivity index (χ2v) is 4.11. The van der Waals surface area contributed by atoms with Crippen LogP contribution in [-0.4, -0.2) is 38.6 Å². The highest BCUT2D eigenvalue weighted by molar-refractivity contribution is 14.0. The van der Waals surface area contributed by atoms with Gasteiger partial charge in [0.25, 0.3) is 0 Å². The van der Waals surface area contributed by atoms with Gasteiger partial charge in [0, 0.05) is 12.2 Å². The van der Waals surface area contributed by atoms with Crippen molar-refractivity contribution in [1.29, 1.82) is 0 Å². The van der Waals surface area contributed by atoms with Crippen LogP contribution >= 0.6 is 24.0 Å². The van der Waals surface area contributed by atoms with Crippen molar-refractivity contribution in [1.82, 2.24) is 5.32 Å². The van der Waals surface area contributed by atoms with Crippen LogP contribution in [0.4, 0.5) is 11.4 Å². The van der Waals surface area contributed by atoms with Crippen molar-refractivity contribution in [2.45, 2.75) is 0 Å². The van der Waals surface area contributed by atoms with Gasteiger partial charge in [-0.3, -0.25) is 9.79 Å². The van der Waals surface area contributed by atoms with Crippen LogP contribution in [0.5, 0.6) is 5.75 Å². The number of hydrogen-bond acceptors (Lipinski definition) is 5. The van der Waals surface area contributed by atoms with Gasteiger partial charge in [-0.05, 0) is 18.2 Å². The van der Waals surface area contributed by atoms with Gasteiger partial charge in [0.2, 0.25) is 6.41 Å². The summed E-state index contributed by atoms with van der Waals surface area (Å²) < 4.78 is 5.51. The summed E-state index contributed by atoms with van der Waals surface area (Å²) in [6.07, 6.45) is 0.830. The number of anilines is 2. The molecule has 0 fully saturated rings. The summed E-state index contributed by atoms with van der Waals surface area (Å²) in [6, 6.07) is 5.67. The molecule has 2 heterocycles. The fraction of sp³-hybridized carbons (Fsp3) is 0.333. The lowest BCUT2D eigenvalue weighted by Crippen LogP contribution is -2.31. The summed E-state index contributed by atoms with van der Waals surface area (Å²) in [5.74, 6) is 1.50. The molecule has 102 valence electrons. The van der Waals surface area contributed by atoms with Crippen molar-refractivity contribution in [2.75, 3.05) is 36.5 Å². The Balaban J connectivity index is 0.00000133. The Morgan fingerprint density at radius 1 is 1.47 bits per heavy atom. The standard InChI is InChI=1S/C12H14N4O2.HI/c17-8-16-5-6-18-11-2-1-9(7-10(11)16)15-12-13-3-4-14-12;/h1-2,7-8H,3-6H2,(H2,13,14,15);1H. The van der Waals surface area contributed by atoms with E-state index in [0.29, 0.717) is 13.2 Å². The molecule has 6 nitrogen and oxygen atoms in total. The number of benzene rings is 1. The molecule has 19 heavy (non-hydrogen) atoms. The molecule has 0 atom stereocenters. The van der Waals surface area contributed by atoms with Crippen molar-refractivity contribution in [3.05, 3.63) is 18.2 Å². The third-order valence-electron chi connectivity index (χ3n) is 2.92. The molecular weight excluding hydrogens is 359 g/mol. The number of aliphatic imine (C=N–C) groups is 1. The lowest BCUT2D eigenvalue weighted by molar-refractivity contribution is -0.107. The van der Waals surface area contributed by atoms with Crippen molar-refractivity contribution < 1.29 is 9.53 Å². The average Bonchev–Trinajstić information content (AvgIpc) is 2.91. The van der Waals surface area contributed by atoms with Gasteiger partial charge in [-0.1, -0.05) is 0 Å². The molecule has 1 amide bonds. The molecule has 0 aliphatic carbocycles. The Hall–Kier alpha value is -1.51. The number of guanidine groups is 1. The van der Waals surface area contributed by atoms with Crippen LogP contribution in [0.15, 0.2) is 23.2 Å². The van der Waals surface area contributed by atoms with Crippen LogP contribution in [0.2, 0.25) is 0 Å². The summed E-state index contributed by atoms with van der Waals surface area (Å²) in [5.41, 5.74) is 1.68. The van der Waals surface area contributed by atoms with Gasteiger partial charge in [-0.15, -0.1) is 24.0 Å². The van der Waals surface area contributed by atoms with Gasteiger partial charge < -0.3 is 20.3 Å². The zero-order valence-corrected chi connectivity index (χ0v) is 12.6. The van der Waals surface area contributed by atoms with E-state index in [-0.39, 0.29) is 24.0 Å². The van der Waals surface area contributed by atoms with E-state index in [1.165, 1.54) is 0 Å². The lowest BCUT2D eigenvalue weighted by atomic mass is 10.2. The Labute approximate surface area is 128 Å². The van der Waals surface area contributed by atoms with Crippen LogP contribution in [0.25, 0.3) is 0 Å². The quantitative estimate of drug-likeness (QED) is 0.600. The van der Waals surface area contributed by atoms with E-state index >= 15 is 0 Å². The minimum atomic E-state index is 0. The highest BCUT2D eigenvalue weighted by Gasteiger charge is 2.18. The number of nitrogens with zero attached hydrogens (tertiary/aromatic N) is 2. The summed E-state index contributed by atoms with van der Waals surface area (Å²) >= 11 is 0. The second kappa shape index (κ2) is 6.09. The number of carbonyl (C=O) groups excluding carboxylic acids is 1. The van der Waals surface area contributed by atoms with Crippen molar-refractivity contribution in [2.24, 2.45) is 4.99 Å². The molecule has 0 saturated carbocycles. The van der Waals surface area contributed by atoms with Crippen molar-refractivity contribution >= 4 is 47.7 Å². The number of ether oxygens (including phenoxy) is 1. The second-order valence-electron chi connectivity index (χ2n) is 4.11. The first-order valence-electron chi connectivity index (χ1n) is 5.91. The summed E-state index contributed by atoms with van der Waals surface area (Å²) in [6.45, 7) is 2.76. The molecule has 2 N–H and O–H groups in total. The zero-order chi connectivity index (χ0) is 12.4. The number of carbonyl (C=O) groups is 1. The van der Waals surface area contributed by atoms with Gasteiger partial charge in [0.1, 0.15) is 12.4 Å². The maximum absolute atomic E-state index is 11.0. The number of rotatable bonds is 2. The first kappa shape index (κ1) is 13.9. The molecule has 3 rings (SSSR count). The highest BCUT2D eigenvalue weighted by Crippen LogP contribution is 2.33. The van der Waals surface area contributed by atoms with E-state index in [1.807, 2.05) is 18.2 Å². The predicted octanol–water partition coefficient (Wildman–Crippen LogP) is 1.03. The third-order valence-corrected chi connectivity index (χ3v) is 2.92. The molecule has 7 heteroatoms. The number of amides is 1. The monoisotopic (exact) mass is 374 g/mol. The fourth-order valence-corrected chi connectivity index (χ4v) is 2.04. The number of nitrogens with one attached hydrogen (secondary N) is 2. The minimum absolute atomic E-state index is 0. The molecule has 0 spiro atoms. The van der Waals surface area contributed by atoms with Crippen LogP contribution in [0.3, 0.4) is 0 Å². The molecule has 0 unspecified atom stereocenters. The van der Waals surface area contributed by atoms with Crippen LogP contribution in [-0.2, 0) is 4.79 Å². The van der Waals surface area contributed by atoms with Gasteiger partial charge >= 0.3 is 0 Å². The van der Waals surface area contributed by atoms with E-state index in [2.05, 4.69) is 15.6 Å². The van der Waals surface area contributed by atoms with Crippen LogP contribution in [0.1, 0.15) is 0 Å². The van der Waals surface area contributed by atoms with E-state index < -0.39 is 0 Å². The summed E-state index contributed by atoms with van der Waals surface area (Å²) in [5, 5.41) is 6.31. The normalized spacial score (nSPS) is 16.4. The molecule has 0 aromatic heterocycles.